The molecule has 2 N–H and O–H groups in total. The standard InChI is InChI=1S/C22H30FN5O3/c1-24-22(27-16-7-10-28(15-16)21-20(23)6-4-8-25-21)26-9-5-11-31-19-13-17(29-2)12-18(14-19)30-3/h4,6,8,12-14,16H,5,7,9-11,15H2,1-3H3,(H2,24,26,27). The van der Waals surface area contributed by atoms with Crippen LogP contribution >= 0.6 is 0 Å². The molecule has 8 nitrogen and oxygen atoms in total. The van der Waals surface area contributed by atoms with Crippen molar-refractivity contribution in [2.75, 3.05) is 52.4 Å². The molecule has 0 aliphatic carbocycles. The van der Waals surface area contributed by atoms with E-state index in [-0.39, 0.29) is 11.9 Å². The third kappa shape index (κ3) is 6.37. The van der Waals surface area contributed by atoms with E-state index < -0.39 is 0 Å². The zero-order valence-electron chi connectivity index (χ0n) is 18.2. The molecule has 1 unspecified atom stereocenters. The zero-order chi connectivity index (χ0) is 22.1. The van der Waals surface area contributed by atoms with Crippen molar-refractivity contribution in [1.82, 2.24) is 15.6 Å². The molecule has 168 valence electrons. The smallest absolute Gasteiger partial charge is 0.191 e. The quantitative estimate of drug-likeness (QED) is 0.359. The fraction of sp³-hybridized carbons (Fsp3) is 0.455. The van der Waals surface area contributed by atoms with Crippen LogP contribution in [0.3, 0.4) is 0 Å². The van der Waals surface area contributed by atoms with Crippen LogP contribution < -0.4 is 29.7 Å². The Balaban J connectivity index is 1.39. The van der Waals surface area contributed by atoms with Crippen molar-refractivity contribution in [3.63, 3.8) is 0 Å². The van der Waals surface area contributed by atoms with Crippen molar-refractivity contribution in [3.05, 3.63) is 42.3 Å². The Labute approximate surface area is 182 Å². The summed E-state index contributed by atoms with van der Waals surface area (Å²) in [6.07, 6.45) is 3.29. The summed E-state index contributed by atoms with van der Waals surface area (Å²) in [5.74, 6) is 2.91. The molecule has 1 atom stereocenters. The van der Waals surface area contributed by atoms with E-state index in [1.807, 2.05) is 17.0 Å². The van der Waals surface area contributed by atoms with Gasteiger partial charge in [0.05, 0.1) is 20.8 Å². The SMILES string of the molecule is CN=C(NCCCOc1cc(OC)cc(OC)c1)NC1CCN(c2ncccc2F)C1. The van der Waals surface area contributed by atoms with Gasteiger partial charge in [-0.2, -0.15) is 0 Å². The third-order valence-corrected chi connectivity index (χ3v) is 5.00. The first-order chi connectivity index (χ1) is 15.1. The Kier molecular flexibility index (Phi) is 8.14. The molecular formula is C22H30FN5O3. The van der Waals surface area contributed by atoms with Gasteiger partial charge < -0.3 is 29.7 Å². The second kappa shape index (κ2) is 11.2. The fourth-order valence-electron chi connectivity index (χ4n) is 3.40. The number of hydrogen-bond acceptors (Lipinski definition) is 6. The van der Waals surface area contributed by atoms with E-state index in [2.05, 4.69) is 20.6 Å². The predicted molar refractivity (Wildman–Crippen MR) is 119 cm³/mol. The summed E-state index contributed by atoms with van der Waals surface area (Å²) in [5.41, 5.74) is 0. The fourth-order valence-corrected chi connectivity index (χ4v) is 3.40. The summed E-state index contributed by atoms with van der Waals surface area (Å²) >= 11 is 0. The Morgan fingerprint density at radius 2 is 1.97 bits per heavy atom. The van der Waals surface area contributed by atoms with Crippen LogP contribution in [0.2, 0.25) is 0 Å². The summed E-state index contributed by atoms with van der Waals surface area (Å²) < 4.78 is 30.3. The summed E-state index contributed by atoms with van der Waals surface area (Å²) in [4.78, 5) is 10.4. The van der Waals surface area contributed by atoms with Crippen LogP contribution in [-0.4, -0.2) is 64.5 Å². The van der Waals surface area contributed by atoms with Crippen molar-refractivity contribution >= 4 is 11.8 Å². The average molecular weight is 432 g/mol. The molecule has 1 fully saturated rings. The third-order valence-electron chi connectivity index (χ3n) is 5.00. The first-order valence-corrected chi connectivity index (χ1v) is 10.3. The monoisotopic (exact) mass is 431 g/mol. The van der Waals surface area contributed by atoms with Crippen LogP contribution in [0.15, 0.2) is 41.5 Å². The molecule has 2 heterocycles. The molecule has 1 aromatic carbocycles. The minimum Gasteiger partial charge on any atom is -0.496 e. The highest BCUT2D eigenvalue weighted by molar-refractivity contribution is 5.80. The van der Waals surface area contributed by atoms with Gasteiger partial charge in [0.15, 0.2) is 17.6 Å². The number of aliphatic imine (C=N–C) groups is 1. The number of pyridine rings is 1. The summed E-state index contributed by atoms with van der Waals surface area (Å²) in [6.45, 7) is 2.67. The second-order valence-corrected chi connectivity index (χ2v) is 7.13. The van der Waals surface area contributed by atoms with Crippen molar-refractivity contribution in [2.24, 2.45) is 4.99 Å². The predicted octanol–water partition coefficient (Wildman–Crippen LogP) is 2.45. The van der Waals surface area contributed by atoms with E-state index in [0.717, 1.165) is 25.3 Å². The highest BCUT2D eigenvalue weighted by Crippen LogP contribution is 2.27. The van der Waals surface area contributed by atoms with Gasteiger partial charge in [-0.15, -0.1) is 0 Å². The summed E-state index contributed by atoms with van der Waals surface area (Å²) in [7, 11) is 4.95. The number of anilines is 1. The van der Waals surface area contributed by atoms with E-state index in [1.165, 1.54) is 6.07 Å². The number of nitrogens with one attached hydrogen (secondary N) is 2. The first kappa shape index (κ1) is 22.5. The number of hydrogen-bond donors (Lipinski definition) is 2. The van der Waals surface area contributed by atoms with Crippen LogP contribution in [0.1, 0.15) is 12.8 Å². The van der Waals surface area contributed by atoms with Gasteiger partial charge in [-0.1, -0.05) is 0 Å². The van der Waals surface area contributed by atoms with Gasteiger partial charge in [0.25, 0.3) is 0 Å². The van der Waals surface area contributed by atoms with Gasteiger partial charge in [0.2, 0.25) is 0 Å². The van der Waals surface area contributed by atoms with Crippen LogP contribution in [-0.2, 0) is 0 Å². The number of guanidine groups is 1. The van der Waals surface area contributed by atoms with E-state index >= 15 is 0 Å². The number of halogens is 1. The Morgan fingerprint density at radius 1 is 1.23 bits per heavy atom. The molecule has 2 aromatic rings. The molecule has 0 spiro atoms. The first-order valence-electron chi connectivity index (χ1n) is 10.3. The number of rotatable bonds is 9. The number of nitrogens with zero attached hydrogens (tertiary/aromatic N) is 3. The molecule has 31 heavy (non-hydrogen) atoms. The van der Waals surface area contributed by atoms with Crippen LogP contribution in [0.25, 0.3) is 0 Å². The average Bonchev–Trinajstić information content (AvgIpc) is 3.26. The van der Waals surface area contributed by atoms with Crippen LogP contribution in [0, 0.1) is 5.82 Å². The molecule has 0 saturated carbocycles. The molecule has 0 bridgehead atoms. The topological polar surface area (TPSA) is 80.2 Å². The molecule has 1 aromatic heterocycles. The molecular weight excluding hydrogens is 401 g/mol. The van der Waals surface area contributed by atoms with Crippen LogP contribution in [0.4, 0.5) is 10.2 Å². The molecule has 0 amide bonds. The lowest BCUT2D eigenvalue weighted by Crippen LogP contribution is -2.45. The Bertz CT molecular complexity index is 858. The van der Waals surface area contributed by atoms with Gasteiger partial charge in [0, 0.05) is 57.1 Å². The van der Waals surface area contributed by atoms with E-state index in [9.17, 15) is 4.39 Å². The molecule has 1 saturated heterocycles. The zero-order valence-corrected chi connectivity index (χ0v) is 18.2. The number of aromatic nitrogens is 1. The van der Waals surface area contributed by atoms with E-state index in [0.29, 0.717) is 42.8 Å². The maximum absolute atomic E-state index is 14.0. The van der Waals surface area contributed by atoms with Gasteiger partial charge in [-0.3, -0.25) is 4.99 Å². The lowest BCUT2D eigenvalue weighted by atomic mass is 10.3. The summed E-state index contributed by atoms with van der Waals surface area (Å²) in [6, 6.07) is 8.67. The lowest BCUT2D eigenvalue weighted by molar-refractivity contribution is 0.305. The van der Waals surface area contributed by atoms with Crippen molar-refractivity contribution in [3.8, 4) is 17.2 Å². The molecule has 1 aliphatic heterocycles. The van der Waals surface area contributed by atoms with E-state index in [1.54, 1.807) is 39.6 Å². The largest absolute Gasteiger partial charge is 0.496 e. The highest BCUT2D eigenvalue weighted by atomic mass is 19.1. The number of methoxy groups -OCH3 is 2. The normalized spacial score (nSPS) is 16.2. The van der Waals surface area contributed by atoms with Gasteiger partial charge in [-0.05, 0) is 25.0 Å². The lowest BCUT2D eigenvalue weighted by Gasteiger charge is -2.20. The van der Waals surface area contributed by atoms with Gasteiger partial charge in [0.1, 0.15) is 17.2 Å². The molecule has 0 radical (unpaired) electrons. The maximum atomic E-state index is 14.0. The minimum absolute atomic E-state index is 0.174. The molecule has 3 rings (SSSR count). The summed E-state index contributed by atoms with van der Waals surface area (Å²) in [5, 5.41) is 6.69. The second-order valence-electron chi connectivity index (χ2n) is 7.13. The Morgan fingerprint density at radius 3 is 2.65 bits per heavy atom. The van der Waals surface area contributed by atoms with Crippen molar-refractivity contribution in [1.29, 1.82) is 0 Å². The highest BCUT2D eigenvalue weighted by Gasteiger charge is 2.25. The van der Waals surface area contributed by atoms with Crippen LogP contribution in [0.5, 0.6) is 17.2 Å². The Hall–Kier alpha value is -3.23. The minimum atomic E-state index is -0.292. The van der Waals surface area contributed by atoms with Gasteiger partial charge >= 0.3 is 0 Å². The number of benzene rings is 1. The van der Waals surface area contributed by atoms with E-state index in [4.69, 9.17) is 14.2 Å². The molecule has 1 aliphatic rings. The van der Waals surface area contributed by atoms with Gasteiger partial charge in [-0.25, -0.2) is 9.37 Å². The van der Waals surface area contributed by atoms with Crippen molar-refractivity contribution < 1.29 is 18.6 Å². The molecule has 9 heteroatoms. The van der Waals surface area contributed by atoms with Crippen molar-refractivity contribution in [2.45, 2.75) is 18.9 Å². The maximum Gasteiger partial charge on any atom is 0.191 e. The number of ether oxygens (including phenoxy) is 3.